The van der Waals surface area contributed by atoms with Gasteiger partial charge in [-0.05, 0) is 108 Å². The molecule has 2 aromatic carbocycles. The number of carbonyl (C=O) groups is 1. The van der Waals surface area contributed by atoms with Crippen molar-refractivity contribution in [1.82, 2.24) is 4.90 Å². The van der Waals surface area contributed by atoms with Crippen LogP contribution in [-0.4, -0.2) is 43.2 Å². The fraction of sp³-hybridized carbons (Fsp3) is 0.531. The van der Waals surface area contributed by atoms with Gasteiger partial charge in [-0.15, -0.1) is 6.58 Å². The van der Waals surface area contributed by atoms with Crippen molar-refractivity contribution < 1.29 is 14.3 Å². The summed E-state index contributed by atoms with van der Waals surface area (Å²) in [6.45, 7) is 16.1. The summed E-state index contributed by atoms with van der Waals surface area (Å²) >= 11 is 6.35. The van der Waals surface area contributed by atoms with Gasteiger partial charge in [0, 0.05) is 17.5 Å². The van der Waals surface area contributed by atoms with Crippen molar-refractivity contribution in [2.24, 2.45) is 0 Å². The lowest BCUT2D eigenvalue weighted by molar-refractivity contribution is -0.156. The Labute approximate surface area is 230 Å². The van der Waals surface area contributed by atoms with Crippen LogP contribution < -0.4 is 4.74 Å². The largest absolute Gasteiger partial charge is 0.493 e. The van der Waals surface area contributed by atoms with Crippen LogP contribution in [0.25, 0.3) is 0 Å². The predicted molar refractivity (Wildman–Crippen MR) is 156 cm³/mol. The molecule has 0 heterocycles. The normalized spacial score (nSPS) is 13.3. The van der Waals surface area contributed by atoms with E-state index >= 15 is 0 Å². The molecule has 0 fully saturated rings. The molecule has 4 nitrogen and oxygen atoms in total. The van der Waals surface area contributed by atoms with Gasteiger partial charge in [-0.3, -0.25) is 4.79 Å². The van der Waals surface area contributed by atoms with E-state index in [9.17, 15) is 4.79 Å². The van der Waals surface area contributed by atoms with E-state index in [1.807, 2.05) is 64.1 Å². The Balaban J connectivity index is 2.14. The van der Waals surface area contributed by atoms with Gasteiger partial charge in [-0.25, -0.2) is 0 Å². The summed E-state index contributed by atoms with van der Waals surface area (Å²) in [7, 11) is 2.18. The van der Waals surface area contributed by atoms with Gasteiger partial charge in [-0.2, -0.15) is 0 Å². The zero-order valence-corrected chi connectivity index (χ0v) is 24.4. The summed E-state index contributed by atoms with van der Waals surface area (Å²) in [5, 5.41) is 0.777. The van der Waals surface area contributed by atoms with Crippen LogP contribution in [0.3, 0.4) is 0 Å². The van der Waals surface area contributed by atoms with E-state index < -0.39 is 5.60 Å². The molecule has 0 N–H and O–H groups in total. The second kappa shape index (κ2) is 15.2. The van der Waals surface area contributed by atoms with Crippen LogP contribution >= 0.6 is 11.6 Å². The number of aryl methyl sites for hydroxylation is 1. The molecule has 37 heavy (non-hydrogen) atoms. The summed E-state index contributed by atoms with van der Waals surface area (Å²) in [5.41, 5.74) is 3.02. The van der Waals surface area contributed by atoms with Crippen molar-refractivity contribution in [3.63, 3.8) is 0 Å². The number of hydrogen-bond donors (Lipinski definition) is 0. The second-order valence-electron chi connectivity index (χ2n) is 11.0. The Bertz CT molecular complexity index is 981. The number of likely N-dealkylation sites (N-methyl/N-ethyl adjacent to an activating group) is 1. The number of hydrogen-bond acceptors (Lipinski definition) is 4. The Morgan fingerprint density at radius 3 is 2.46 bits per heavy atom. The van der Waals surface area contributed by atoms with Gasteiger partial charge in [0.05, 0.1) is 12.5 Å². The number of halogens is 1. The van der Waals surface area contributed by atoms with Gasteiger partial charge in [0.25, 0.3) is 0 Å². The summed E-state index contributed by atoms with van der Waals surface area (Å²) in [6, 6.07) is 14.1. The molecule has 0 bridgehead atoms. The summed E-state index contributed by atoms with van der Waals surface area (Å²) < 4.78 is 11.9. The molecule has 0 aliphatic carbocycles. The van der Waals surface area contributed by atoms with Crippen LogP contribution in [0.4, 0.5) is 0 Å². The first kappa shape index (κ1) is 30.9. The van der Waals surface area contributed by atoms with Crippen LogP contribution in [0.2, 0.25) is 5.02 Å². The maximum Gasteiger partial charge on any atom is 0.313 e. The topological polar surface area (TPSA) is 38.8 Å². The summed E-state index contributed by atoms with van der Waals surface area (Å²) in [6.07, 6.45) is 7.41. The Hall–Kier alpha value is -2.30. The van der Waals surface area contributed by atoms with Crippen molar-refractivity contribution >= 4 is 17.6 Å². The van der Waals surface area contributed by atoms with E-state index in [-0.39, 0.29) is 17.8 Å². The Kier molecular flexibility index (Phi) is 12.7. The predicted octanol–water partition coefficient (Wildman–Crippen LogP) is 8.19. The molecule has 2 atom stereocenters. The second-order valence-corrected chi connectivity index (χ2v) is 11.4. The lowest BCUT2D eigenvalue weighted by Gasteiger charge is -2.27. The number of rotatable bonds is 15. The first-order chi connectivity index (χ1) is 17.5. The van der Waals surface area contributed by atoms with Gasteiger partial charge >= 0.3 is 5.97 Å². The van der Waals surface area contributed by atoms with Gasteiger partial charge in [0.2, 0.25) is 0 Å². The molecular formula is C32H46ClNO3. The standard InChI is InChI=1S/C32H46ClNO3/c1-8-10-11-12-20-34(7)22-27(30-19-16-28(33)21-26(30)13-9-2)23-36-29-17-14-25(15-18-29)24(3)31(35)37-32(4,5)6/h8,14-19,21,24,27H,1,9-13,20,22-23H2,2-7H3. The number of nitrogens with zero attached hydrogens (tertiary/aromatic N) is 1. The van der Waals surface area contributed by atoms with Crippen molar-refractivity contribution in [2.45, 2.75) is 84.2 Å². The van der Waals surface area contributed by atoms with E-state index in [1.165, 1.54) is 11.1 Å². The minimum Gasteiger partial charge on any atom is -0.493 e. The minimum absolute atomic E-state index is 0.212. The average Bonchev–Trinajstić information content (AvgIpc) is 2.84. The van der Waals surface area contributed by atoms with Crippen molar-refractivity contribution in [3.8, 4) is 5.75 Å². The molecule has 0 radical (unpaired) electrons. The van der Waals surface area contributed by atoms with E-state index in [2.05, 4.69) is 37.6 Å². The number of esters is 1. The number of unbranched alkanes of at least 4 members (excludes halogenated alkanes) is 2. The third kappa shape index (κ3) is 10.9. The molecule has 204 valence electrons. The lowest BCUT2D eigenvalue weighted by Crippen LogP contribution is -2.29. The van der Waals surface area contributed by atoms with E-state index in [4.69, 9.17) is 21.1 Å². The number of benzene rings is 2. The molecule has 0 saturated heterocycles. The SMILES string of the molecule is C=CCCCCN(C)CC(COc1ccc(C(C)C(=O)OC(C)(C)C)cc1)c1ccc(Cl)cc1CCC. The van der Waals surface area contributed by atoms with Crippen LogP contribution in [0.15, 0.2) is 55.1 Å². The van der Waals surface area contributed by atoms with Crippen molar-refractivity contribution in [2.75, 3.05) is 26.7 Å². The van der Waals surface area contributed by atoms with Gasteiger partial charge in [0.1, 0.15) is 11.4 Å². The molecule has 0 aliphatic heterocycles. The van der Waals surface area contributed by atoms with Gasteiger partial charge in [0.15, 0.2) is 0 Å². The quantitative estimate of drug-likeness (QED) is 0.133. The average molecular weight is 528 g/mol. The molecule has 5 heteroatoms. The highest BCUT2D eigenvalue weighted by atomic mass is 35.5. The number of ether oxygens (including phenoxy) is 2. The third-order valence-corrected chi connectivity index (χ3v) is 6.62. The summed E-state index contributed by atoms with van der Waals surface area (Å²) in [5.74, 6) is 0.457. The number of allylic oxidation sites excluding steroid dienone is 1. The third-order valence-electron chi connectivity index (χ3n) is 6.39. The highest BCUT2D eigenvalue weighted by Crippen LogP contribution is 2.28. The molecule has 0 amide bonds. The zero-order valence-electron chi connectivity index (χ0n) is 23.7. The van der Waals surface area contributed by atoms with Crippen LogP contribution in [0, 0.1) is 0 Å². The maximum atomic E-state index is 12.5. The first-order valence-electron chi connectivity index (χ1n) is 13.6. The molecule has 2 unspecified atom stereocenters. The van der Waals surface area contributed by atoms with E-state index in [1.54, 1.807) is 0 Å². The highest BCUT2D eigenvalue weighted by molar-refractivity contribution is 6.30. The van der Waals surface area contributed by atoms with Crippen molar-refractivity contribution in [1.29, 1.82) is 0 Å². The van der Waals surface area contributed by atoms with Crippen LogP contribution in [0.1, 0.15) is 88.8 Å². The highest BCUT2D eigenvalue weighted by Gasteiger charge is 2.23. The molecule has 0 spiro atoms. The van der Waals surface area contributed by atoms with E-state index in [0.717, 1.165) is 61.5 Å². The van der Waals surface area contributed by atoms with Crippen molar-refractivity contribution in [3.05, 3.63) is 76.8 Å². The maximum absolute atomic E-state index is 12.5. The minimum atomic E-state index is -0.499. The lowest BCUT2D eigenvalue weighted by atomic mass is 9.92. The monoisotopic (exact) mass is 527 g/mol. The zero-order chi connectivity index (χ0) is 27.4. The molecule has 0 aliphatic rings. The van der Waals surface area contributed by atoms with Crippen LogP contribution in [0.5, 0.6) is 5.75 Å². The number of carbonyl (C=O) groups excluding carboxylic acids is 1. The van der Waals surface area contributed by atoms with E-state index in [0.29, 0.717) is 6.61 Å². The molecule has 0 saturated carbocycles. The Morgan fingerprint density at radius 1 is 1.14 bits per heavy atom. The molecule has 2 aromatic rings. The fourth-order valence-corrected chi connectivity index (χ4v) is 4.61. The van der Waals surface area contributed by atoms with Gasteiger partial charge in [-0.1, -0.05) is 49.2 Å². The molecule has 2 rings (SSSR count). The van der Waals surface area contributed by atoms with Crippen LogP contribution in [-0.2, 0) is 16.0 Å². The molecular weight excluding hydrogens is 482 g/mol. The first-order valence-corrected chi connectivity index (χ1v) is 13.9. The van der Waals surface area contributed by atoms with Gasteiger partial charge < -0.3 is 14.4 Å². The molecule has 0 aromatic heterocycles. The Morgan fingerprint density at radius 2 is 1.84 bits per heavy atom. The fourth-order valence-electron chi connectivity index (χ4n) is 4.41. The summed E-state index contributed by atoms with van der Waals surface area (Å²) in [4.78, 5) is 14.9. The smallest absolute Gasteiger partial charge is 0.313 e.